The number of rotatable bonds is 6. The smallest absolute Gasteiger partial charge is 0.234 e. The first-order valence-electron chi connectivity index (χ1n) is 9.37. The largest absolute Gasteiger partial charge is 0.325 e. The molecule has 0 aliphatic heterocycles. The molecule has 4 aromatic rings. The van der Waals surface area contributed by atoms with E-state index in [4.69, 9.17) is 0 Å². The zero-order chi connectivity index (χ0) is 19.7. The first-order valence-corrected chi connectivity index (χ1v) is 11.2. The number of thiophene rings is 1. The molecule has 0 saturated heterocycles. The number of thioether (sulfide) groups is 1. The predicted octanol–water partition coefficient (Wildman–Crippen LogP) is 5.11. The molecule has 0 saturated carbocycles. The van der Waals surface area contributed by atoms with Crippen LogP contribution in [0.1, 0.15) is 30.1 Å². The van der Waals surface area contributed by atoms with Crippen LogP contribution < -0.4 is 5.32 Å². The molecule has 0 atom stereocenters. The lowest BCUT2D eigenvalue weighted by molar-refractivity contribution is -0.113. The number of carbonyl (C=O) groups is 1. The van der Waals surface area contributed by atoms with Crippen LogP contribution in [-0.2, 0) is 17.6 Å². The zero-order valence-electron chi connectivity index (χ0n) is 16.2. The minimum atomic E-state index is -0.0435. The van der Waals surface area contributed by atoms with Crippen LogP contribution in [0.25, 0.3) is 15.7 Å². The van der Waals surface area contributed by atoms with Gasteiger partial charge in [0.1, 0.15) is 10.9 Å². The summed E-state index contributed by atoms with van der Waals surface area (Å²) in [4.78, 5) is 13.7. The lowest BCUT2D eigenvalue weighted by Gasteiger charge is -2.08. The van der Waals surface area contributed by atoms with Crippen molar-refractivity contribution in [2.45, 2.75) is 38.6 Å². The highest BCUT2D eigenvalue weighted by Gasteiger charge is 2.16. The van der Waals surface area contributed by atoms with Crippen molar-refractivity contribution in [2.75, 3.05) is 11.1 Å². The Hall–Kier alpha value is -2.38. The van der Waals surface area contributed by atoms with Crippen molar-refractivity contribution in [2.24, 2.45) is 0 Å². The summed E-state index contributed by atoms with van der Waals surface area (Å²) >= 11 is 3.20. The Morgan fingerprint density at radius 2 is 1.89 bits per heavy atom. The molecule has 0 fully saturated rings. The number of nitrogens with zero attached hydrogens (tertiary/aromatic N) is 3. The van der Waals surface area contributed by atoms with E-state index in [2.05, 4.69) is 52.8 Å². The predicted molar refractivity (Wildman–Crippen MR) is 118 cm³/mol. The summed E-state index contributed by atoms with van der Waals surface area (Å²) in [5, 5.41) is 12.5. The van der Waals surface area contributed by atoms with E-state index in [1.54, 1.807) is 11.3 Å². The number of carbonyl (C=O) groups excluding carboxylic acids is 1. The second kappa shape index (κ2) is 7.93. The highest BCUT2D eigenvalue weighted by molar-refractivity contribution is 8.00. The van der Waals surface area contributed by atoms with Gasteiger partial charge in [-0.25, -0.2) is 0 Å². The number of nitrogens with one attached hydrogen (secondary N) is 1. The van der Waals surface area contributed by atoms with Gasteiger partial charge in [0.2, 0.25) is 5.91 Å². The summed E-state index contributed by atoms with van der Waals surface area (Å²) in [7, 11) is 0. The molecule has 7 heteroatoms. The SMILES string of the molecule is CCc1ccc(NC(=O)CSc2nnc(CC)n3c2cc2sc(C)cc23)cc1. The van der Waals surface area contributed by atoms with E-state index in [1.165, 1.54) is 32.4 Å². The Morgan fingerprint density at radius 3 is 2.61 bits per heavy atom. The maximum absolute atomic E-state index is 12.4. The summed E-state index contributed by atoms with van der Waals surface area (Å²) in [6.07, 6.45) is 1.79. The Bertz CT molecular complexity index is 1140. The fourth-order valence-electron chi connectivity index (χ4n) is 3.24. The maximum atomic E-state index is 12.4. The third-order valence-corrected chi connectivity index (χ3v) is 6.61. The summed E-state index contributed by atoms with van der Waals surface area (Å²) in [5.74, 6) is 1.19. The number of anilines is 1. The monoisotopic (exact) mass is 410 g/mol. The minimum Gasteiger partial charge on any atom is -0.325 e. The van der Waals surface area contributed by atoms with E-state index in [0.29, 0.717) is 5.75 Å². The highest BCUT2D eigenvalue weighted by atomic mass is 32.2. The fraction of sp³-hybridized carbons (Fsp3) is 0.286. The van der Waals surface area contributed by atoms with E-state index in [1.807, 2.05) is 24.3 Å². The number of hydrogen-bond donors (Lipinski definition) is 1. The number of aryl methyl sites for hydroxylation is 3. The number of hydrogen-bond acceptors (Lipinski definition) is 5. The third kappa shape index (κ3) is 3.64. The molecule has 5 nitrogen and oxygen atoms in total. The van der Waals surface area contributed by atoms with Crippen LogP contribution >= 0.6 is 23.1 Å². The number of aromatic nitrogens is 3. The van der Waals surface area contributed by atoms with E-state index in [-0.39, 0.29) is 5.91 Å². The van der Waals surface area contributed by atoms with Crippen molar-refractivity contribution in [1.82, 2.24) is 14.6 Å². The van der Waals surface area contributed by atoms with E-state index >= 15 is 0 Å². The van der Waals surface area contributed by atoms with Crippen LogP contribution in [-0.4, -0.2) is 26.3 Å². The molecule has 0 bridgehead atoms. The van der Waals surface area contributed by atoms with Crippen molar-refractivity contribution >= 4 is 50.4 Å². The van der Waals surface area contributed by atoms with Gasteiger partial charge >= 0.3 is 0 Å². The van der Waals surface area contributed by atoms with Gasteiger partial charge in [0, 0.05) is 17.0 Å². The van der Waals surface area contributed by atoms with Crippen LogP contribution in [0.5, 0.6) is 0 Å². The summed E-state index contributed by atoms with van der Waals surface area (Å²) < 4.78 is 3.40. The standard InChI is InChI=1S/C21H22N4OS2/c1-4-14-6-8-15(9-7-14)22-20(26)12-27-21-17-11-18-16(10-13(3)28-18)25(17)19(5-2)23-24-21/h6-11H,4-5,12H2,1-3H3,(H,22,26). The van der Waals surface area contributed by atoms with Crippen molar-refractivity contribution < 1.29 is 4.79 Å². The van der Waals surface area contributed by atoms with Crippen molar-refractivity contribution in [3.63, 3.8) is 0 Å². The third-order valence-electron chi connectivity index (χ3n) is 4.65. The first kappa shape index (κ1) is 19.0. The highest BCUT2D eigenvalue weighted by Crippen LogP contribution is 2.33. The topological polar surface area (TPSA) is 59.3 Å². The summed E-state index contributed by atoms with van der Waals surface area (Å²) in [6.45, 7) is 6.31. The molecule has 0 aliphatic carbocycles. The van der Waals surface area contributed by atoms with Gasteiger partial charge in [0.15, 0.2) is 0 Å². The Balaban J connectivity index is 1.54. The van der Waals surface area contributed by atoms with Gasteiger partial charge in [-0.3, -0.25) is 9.20 Å². The fourth-order valence-corrected chi connectivity index (χ4v) is 4.92. The minimum absolute atomic E-state index is 0.0435. The van der Waals surface area contributed by atoms with Gasteiger partial charge in [-0.05, 0) is 43.2 Å². The Morgan fingerprint density at radius 1 is 1.11 bits per heavy atom. The number of fused-ring (bicyclic) bond motifs is 3. The van der Waals surface area contributed by atoms with Crippen LogP contribution in [0.15, 0.2) is 41.4 Å². The zero-order valence-corrected chi connectivity index (χ0v) is 17.8. The van der Waals surface area contributed by atoms with Crippen molar-refractivity contribution in [3.8, 4) is 0 Å². The molecule has 1 aromatic carbocycles. The Kier molecular flexibility index (Phi) is 5.37. The van der Waals surface area contributed by atoms with Crippen LogP contribution in [0.2, 0.25) is 0 Å². The number of benzene rings is 1. The van der Waals surface area contributed by atoms with E-state index in [0.717, 1.165) is 34.9 Å². The molecule has 1 amide bonds. The number of amides is 1. The van der Waals surface area contributed by atoms with Crippen molar-refractivity contribution in [3.05, 3.63) is 52.7 Å². The lowest BCUT2D eigenvalue weighted by Crippen LogP contribution is -2.14. The first-order chi connectivity index (χ1) is 13.6. The Labute approximate surface area is 172 Å². The molecule has 4 rings (SSSR count). The molecule has 1 N–H and O–H groups in total. The van der Waals surface area contributed by atoms with Crippen LogP contribution in [0, 0.1) is 6.92 Å². The van der Waals surface area contributed by atoms with Crippen LogP contribution in [0.4, 0.5) is 5.69 Å². The molecule has 0 radical (unpaired) electrons. The second-order valence-corrected chi connectivity index (χ2v) is 8.89. The van der Waals surface area contributed by atoms with Gasteiger partial charge < -0.3 is 5.32 Å². The van der Waals surface area contributed by atoms with Crippen molar-refractivity contribution in [1.29, 1.82) is 0 Å². The average molecular weight is 411 g/mol. The molecule has 28 heavy (non-hydrogen) atoms. The summed E-state index contributed by atoms with van der Waals surface area (Å²) in [6, 6.07) is 12.3. The molecule has 3 heterocycles. The molecule has 0 aliphatic rings. The lowest BCUT2D eigenvalue weighted by atomic mass is 10.1. The van der Waals surface area contributed by atoms with Gasteiger partial charge in [0.05, 0.1) is 21.5 Å². The second-order valence-electron chi connectivity index (χ2n) is 6.63. The maximum Gasteiger partial charge on any atom is 0.234 e. The molecule has 0 unspecified atom stereocenters. The average Bonchev–Trinajstić information content (AvgIpc) is 3.23. The van der Waals surface area contributed by atoms with Gasteiger partial charge in [-0.2, -0.15) is 0 Å². The molecular formula is C21H22N4OS2. The molecular weight excluding hydrogens is 388 g/mol. The van der Waals surface area contributed by atoms with Gasteiger partial charge in [-0.15, -0.1) is 21.5 Å². The molecule has 3 aromatic heterocycles. The van der Waals surface area contributed by atoms with E-state index in [9.17, 15) is 4.79 Å². The molecule has 0 spiro atoms. The molecule has 144 valence electrons. The van der Waals surface area contributed by atoms with Gasteiger partial charge in [-0.1, -0.05) is 37.7 Å². The van der Waals surface area contributed by atoms with Crippen LogP contribution in [0.3, 0.4) is 0 Å². The normalized spacial score (nSPS) is 11.4. The summed E-state index contributed by atoms with van der Waals surface area (Å²) in [5.41, 5.74) is 4.27. The van der Waals surface area contributed by atoms with E-state index < -0.39 is 0 Å². The quantitative estimate of drug-likeness (QED) is 0.449. The van der Waals surface area contributed by atoms with Gasteiger partial charge in [0.25, 0.3) is 0 Å².